The van der Waals surface area contributed by atoms with Crippen LogP contribution in [0.1, 0.15) is 50.9 Å². The fourth-order valence-electron chi connectivity index (χ4n) is 2.79. The Balaban J connectivity index is 1.94. The molecule has 0 aliphatic heterocycles. The van der Waals surface area contributed by atoms with Crippen molar-refractivity contribution in [3.05, 3.63) is 35.6 Å². The first-order valence-electron chi connectivity index (χ1n) is 7.94. The summed E-state index contributed by atoms with van der Waals surface area (Å²) in [6.45, 7) is 8.63. The van der Waals surface area contributed by atoms with Gasteiger partial charge in [0.2, 0.25) is 0 Å². The van der Waals surface area contributed by atoms with Crippen molar-refractivity contribution in [2.75, 3.05) is 6.54 Å². The molecule has 0 bridgehead atoms. The lowest BCUT2D eigenvalue weighted by molar-refractivity contribution is 0.418. The summed E-state index contributed by atoms with van der Waals surface area (Å²) in [5, 5.41) is 4.87. The molecule has 1 N–H and O–H groups in total. The molecule has 2 aromatic rings. The van der Waals surface area contributed by atoms with Crippen LogP contribution in [0.2, 0.25) is 0 Å². The van der Waals surface area contributed by atoms with Crippen LogP contribution in [0.25, 0.3) is 11.0 Å². The molecule has 1 aromatic heterocycles. The van der Waals surface area contributed by atoms with Crippen molar-refractivity contribution in [2.45, 2.75) is 53.0 Å². The van der Waals surface area contributed by atoms with Crippen LogP contribution in [0.4, 0.5) is 0 Å². The minimum Gasteiger partial charge on any atom is -0.461 e. The van der Waals surface area contributed by atoms with Gasteiger partial charge in [0, 0.05) is 17.5 Å². The molecule has 0 saturated heterocycles. The third-order valence-corrected chi connectivity index (χ3v) is 4.18. The predicted octanol–water partition coefficient (Wildman–Crippen LogP) is 5.05. The maximum atomic E-state index is 5.81. The summed E-state index contributed by atoms with van der Waals surface area (Å²) in [5.74, 6) is 1.84. The SMILES string of the molecule is CCCCC(CC)CNCc1c(C)oc2ccccc12. The van der Waals surface area contributed by atoms with Gasteiger partial charge in [-0.15, -0.1) is 0 Å². The largest absolute Gasteiger partial charge is 0.461 e. The Morgan fingerprint density at radius 2 is 2.00 bits per heavy atom. The molecule has 20 heavy (non-hydrogen) atoms. The zero-order valence-corrected chi connectivity index (χ0v) is 13.0. The smallest absolute Gasteiger partial charge is 0.134 e. The number of para-hydroxylation sites is 1. The van der Waals surface area contributed by atoms with Gasteiger partial charge in [-0.05, 0) is 31.9 Å². The van der Waals surface area contributed by atoms with E-state index >= 15 is 0 Å². The van der Waals surface area contributed by atoms with Crippen molar-refractivity contribution in [1.82, 2.24) is 5.32 Å². The second-order valence-electron chi connectivity index (χ2n) is 5.68. The molecule has 1 atom stereocenters. The van der Waals surface area contributed by atoms with Crippen LogP contribution < -0.4 is 5.32 Å². The van der Waals surface area contributed by atoms with Crippen LogP contribution in [0, 0.1) is 12.8 Å². The van der Waals surface area contributed by atoms with Gasteiger partial charge in [0.25, 0.3) is 0 Å². The Bertz CT molecular complexity index is 529. The summed E-state index contributed by atoms with van der Waals surface area (Å²) in [6, 6.07) is 8.30. The van der Waals surface area contributed by atoms with Crippen LogP contribution >= 0.6 is 0 Å². The van der Waals surface area contributed by atoms with Crippen molar-refractivity contribution in [2.24, 2.45) is 5.92 Å². The summed E-state index contributed by atoms with van der Waals surface area (Å²) in [6.07, 6.45) is 5.24. The van der Waals surface area contributed by atoms with E-state index in [1.54, 1.807) is 0 Å². The molecule has 0 aliphatic carbocycles. The minimum absolute atomic E-state index is 0.799. The van der Waals surface area contributed by atoms with E-state index < -0.39 is 0 Å². The second kappa shape index (κ2) is 7.49. The third-order valence-electron chi connectivity index (χ3n) is 4.18. The molecule has 0 radical (unpaired) electrons. The normalized spacial score (nSPS) is 12.9. The summed E-state index contributed by atoms with van der Waals surface area (Å²) in [4.78, 5) is 0. The lowest BCUT2D eigenvalue weighted by Gasteiger charge is -2.15. The molecule has 0 fully saturated rings. The zero-order valence-electron chi connectivity index (χ0n) is 13.0. The number of benzene rings is 1. The standard InChI is InChI=1S/C18H27NO/c1-4-6-9-15(5-2)12-19-13-17-14(3)20-18-11-8-7-10-16(17)18/h7-8,10-11,15,19H,4-6,9,12-13H2,1-3H3. The molecule has 2 nitrogen and oxygen atoms in total. The van der Waals surface area contributed by atoms with Gasteiger partial charge in [0.05, 0.1) is 0 Å². The van der Waals surface area contributed by atoms with E-state index in [9.17, 15) is 0 Å². The van der Waals surface area contributed by atoms with Gasteiger partial charge in [0.15, 0.2) is 0 Å². The van der Waals surface area contributed by atoms with E-state index in [2.05, 4.69) is 38.2 Å². The highest BCUT2D eigenvalue weighted by atomic mass is 16.3. The number of hydrogen-bond acceptors (Lipinski definition) is 2. The fraction of sp³-hybridized carbons (Fsp3) is 0.556. The van der Waals surface area contributed by atoms with E-state index in [1.807, 2.05) is 12.1 Å². The molecular formula is C18H27NO. The van der Waals surface area contributed by atoms with Gasteiger partial charge in [-0.2, -0.15) is 0 Å². The fourth-order valence-corrected chi connectivity index (χ4v) is 2.79. The number of furan rings is 1. The van der Waals surface area contributed by atoms with E-state index in [-0.39, 0.29) is 0 Å². The Kier molecular flexibility index (Phi) is 5.66. The molecule has 1 unspecified atom stereocenters. The van der Waals surface area contributed by atoms with Gasteiger partial charge >= 0.3 is 0 Å². The highest BCUT2D eigenvalue weighted by Gasteiger charge is 2.11. The third kappa shape index (κ3) is 3.63. The molecule has 0 spiro atoms. The van der Waals surface area contributed by atoms with E-state index in [1.165, 1.54) is 36.6 Å². The molecule has 0 amide bonds. The van der Waals surface area contributed by atoms with Gasteiger partial charge in [-0.1, -0.05) is 51.3 Å². The van der Waals surface area contributed by atoms with Crippen molar-refractivity contribution in [1.29, 1.82) is 0 Å². The first kappa shape index (κ1) is 15.1. The molecule has 110 valence electrons. The first-order valence-corrected chi connectivity index (χ1v) is 7.94. The number of rotatable bonds is 8. The summed E-state index contributed by atoms with van der Waals surface area (Å²) in [5.41, 5.74) is 2.31. The molecule has 1 aromatic carbocycles. The molecule has 1 heterocycles. The van der Waals surface area contributed by atoms with Crippen molar-refractivity contribution >= 4 is 11.0 Å². The average molecular weight is 273 g/mol. The monoisotopic (exact) mass is 273 g/mol. The van der Waals surface area contributed by atoms with Crippen LogP contribution in [0.3, 0.4) is 0 Å². The van der Waals surface area contributed by atoms with E-state index in [0.717, 1.165) is 30.4 Å². The maximum Gasteiger partial charge on any atom is 0.134 e. The molecular weight excluding hydrogens is 246 g/mol. The second-order valence-corrected chi connectivity index (χ2v) is 5.68. The molecule has 2 heteroatoms. The summed E-state index contributed by atoms with van der Waals surface area (Å²) < 4.78 is 5.81. The predicted molar refractivity (Wildman–Crippen MR) is 86.0 cm³/mol. The summed E-state index contributed by atoms with van der Waals surface area (Å²) >= 11 is 0. The zero-order chi connectivity index (χ0) is 14.4. The topological polar surface area (TPSA) is 25.2 Å². The van der Waals surface area contributed by atoms with Crippen LogP contribution in [0.15, 0.2) is 28.7 Å². The highest BCUT2D eigenvalue weighted by molar-refractivity contribution is 5.82. The van der Waals surface area contributed by atoms with Crippen molar-refractivity contribution < 1.29 is 4.42 Å². The highest BCUT2D eigenvalue weighted by Crippen LogP contribution is 2.25. The first-order chi connectivity index (χ1) is 9.76. The summed E-state index contributed by atoms with van der Waals surface area (Å²) in [7, 11) is 0. The van der Waals surface area contributed by atoms with Gasteiger partial charge in [-0.25, -0.2) is 0 Å². The Labute approximate surface area is 122 Å². The quantitative estimate of drug-likeness (QED) is 0.728. The van der Waals surface area contributed by atoms with Gasteiger partial charge in [-0.3, -0.25) is 0 Å². The van der Waals surface area contributed by atoms with Crippen LogP contribution in [-0.4, -0.2) is 6.54 Å². The van der Waals surface area contributed by atoms with Gasteiger partial charge in [0.1, 0.15) is 11.3 Å². The maximum absolute atomic E-state index is 5.81. The number of aryl methyl sites for hydroxylation is 1. The Morgan fingerprint density at radius 3 is 2.75 bits per heavy atom. The van der Waals surface area contributed by atoms with E-state index in [0.29, 0.717) is 0 Å². The number of nitrogens with one attached hydrogen (secondary N) is 1. The van der Waals surface area contributed by atoms with Crippen molar-refractivity contribution in [3.8, 4) is 0 Å². The lowest BCUT2D eigenvalue weighted by atomic mass is 9.99. The molecule has 0 saturated carbocycles. The Hall–Kier alpha value is -1.28. The minimum atomic E-state index is 0.799. The average Bonchev–Trinajstić information content (AvgIpc) is 2.78. The van der Waals surface area contributed by atoms with Crippen LogP contribution in [0.5, 0.6) is 0 Å². The number of hydrogen-bond donors (Lipinski definition) is 1. The number of unbranched alkanes of at least 4 members (excludes halogenated alkanes) is 1. The van der Waals surface area contributed by atoms with E-state index in [4.69, 9.17) is 4.42 Å². The molecule has 0 aliphatic rings. The lowest BCUT2D eigenvalue weighted by Crippen LogP contribution is -2.22. The Morgan fingerprint density at radius 1 is 1.20 bits per heavy atom. The van der Waals surface area contributed by atoms with Gasteiger partial charge < -0.3 is 9.73 Å². The van der Waals surface area contributed by atoms with Crippen molar-refractivity contribution in [3.63, 3.8) is 0 Å². The number of fused-ring (bicyclic) bond motifs is 1. The molecule has 2 rings (SSSR count). The van der Waals surface area contributed by atoms with Crippen LogP contribution in [-0.2, 0) is 6.54 Å².